The third-order valence-electron chi connectivity index (χ3n) is 12.9. The summed E-state index contributed by atoms with van der Waals surface area (Å²) in [6.07, 6.45) is 8.11. The van der Waals surface area contributed by atoms with Crippen molar-refractivity contribution in [1.82, 2.24) is 39.2 Å². The number of benzene rings is 1. The Hall–Kier alpha value is -3.56. The SMILES string of the molecule is CS(=O)(=O)N1CC2(CC(NC(=O)[C@@H]3CC[C@@H]4CN3C(=O)N4O)C2)C1.CS(=O)(=O)N1CC2(CC(NC(=O)[C@@H]3CC[C@@H]4CN3C(=O)N4OCc3ccccc3)C2)C1. The van der Waals surface area contributed by atoms with Gasteiger partial charge < -0.3 is 20.4 Å². The van der Waals surface area contributed by atoms with Crippen LogP contribution in [0.1, 0.15) is 56.9 Å². The van der Waals surface area contributed by atoms with Crippen LogP contribution in [0.15, 0.2) is 30.3 Å². The number of carbonyl (C=O) groups is 4. The number of amides is 6. The molecule has 0 unspecified atom stereocenters. The molecule has 6 saturated heterocycles. The highest BCUT2D eigenvalue weighted by atomic mass is 32.2. The number of nitrogens with one attached hydrogen (secondary N) is 2. The molecule has 20 heteroatoms. The van der Waals surface area contributed by atoms with Crippen LogP contribution in [0.4, 0.5) is 9.59 Å². The number of piperidine rings is 2. The summed E-state index contributed by atoms with van der Waals surface area (Å²) in [7, 11) is -6.24. The van der Waals surface area contributed by atoms with Gasteiger partial charge in [-0.1, -0.05) is 30.3 Å². The number of urea groups is 2. The molecule has 302 valence electrons. The van der Waals surface area contributed by atoms with E-state index in [1.54, 1.807) is 4.90 Å². The maximum atomic E-state index is 12.9. The fraction of sp³-hybridized carbons (Fsp3) is 0.714. The van der Waals surface area contributed by atoms with Crippen molar-refractivity contribution in [2.75, 3.05) is 51.8 Å². The van der Waals surface area contributed by atoms with E-state index in [2.05, 4.69) is 10.6 Å². The topological polar surface area (TPSA) is 210 Å². The standard InChI is InChI=1S/C21H28N4O5S.C14H22N4O5S/c1-31(28,29)23-13-21(14-23)9-16(10-21)22-19(26)18-8-7-17-11-24(18)20(27)25(17)30-12-15-5-3-2-4-6-15;1-24(22,23)16-7-14(8-16)4-9(5-14)15-12(19)11-3-2-10-6-17(11)13(20)18(10)21/h2-6,16-18H,7-14H2,1H3,(H,22,26);9-11,21H,2-8H2,1H3,(H,15,19)/t17-,18+;10-,11+/m11/s1. The summed E-state index contributed by atoms with van der Waals surface area (Å²) >= 11 is 0. The highest BCUT2D eigenvalue weighted by molar-refractivity contribution is 7.88. The van der Waals surface area contributed by atoms with Crippen molar-refractivity contribution in [1.29, 1.82) is 0 Å². The van der Waals surface area contributed by atoms with Gasteiger partial charge in [-0.3, -0.25) is 19.6 Å². The molecule has 8 fully saturated rings. The molecule has 9 rings (SSSR count). The molecule has 3 N–H and O–H groups in total. The summed E-state index contributed by atoms with van der Waals surface area (Å²) in [6.45, 7) is 3.38. The molecule has 2 aliphatic carbocycles. The molecule has 1 aromatic carbocycles. The average molecular weight is 807 g/mol. The van der Waals surface area contributed by atoms with Crippen LogP contribution in [0, 0.1) is 10.8 Å². The Morgan fingerprint density at radius 2 is 1.18 bits per heavy atom. The Bertz CT molecular complexity index is 1930. The lowest BCUT2D eigenvalue weighted by Crippen LogP contribution is -2.68. The zero-order valence-corrected chi connectivity index (χ0v) is 32.7. The number of carbonyl (C=O) groups excluding carboxylic acids is 4. The summed E-state index contributed by atoms with van der Waals surface area (Å²) in [5.74, 6) is -0.285. The summed E-state index contributed by atoms with van der Waals surface area (Å²) in [5.41, 5.74) is 1.03. The summed E-state index contributed by atoms with van der Waals surface area (Å²) in [4.78, 5) is 59.0. The first-order valence-electron chi connectivity index (χ1n) is 19.0. The van der Waals surface area contributed by atoms with Gasteiger partial charge >= 0.3 is 12.1 Å². The third kappa shape index (κ3) is 7.29. The van der Waals surface area contributed by atoms with Crippen molar-refractivity contribution in [3.05, 3.63) is 35.9 Å². The third-order valence-corrected chi connectivity index (χ3v) is 15.3. The number of hydrogen-bond donors (Lipinski definition) is 3. The minimum Gasteiger partial charge on any atom is -0.352 e. The van der Waals surface area contributed by atoms with E-state index in [0.717, 1.165) is 42.7 Å². The minimum atomic E-state index is -3.13. The highest BCUT2D eigenvalue weighted by Crippen LogP contribution is 2.50. The summed E-state index contributed by atoms with van der Waals surface area (Å²) < 4.78 is 49.0. The molecule has 2 spiro atoms. The Labute approximate surface area is 321 Å². The molecular formula is C35H50N8O10S2. The molecule has 4 bridgehead atoms. The molecule has 2 saturated carbocycles. The largest absolute Gasteiger partial charge is 0.352 e. The lowest BCUT2D eigenvalue weighted by molar-refractivity contribution is -0.140. The van der Waals surface area contributed by atoms with E-state index in [9.17, 15) is 41.2 Å². The first-order chi connectivity index (χ1) is 25.9. The Balaban J connectivity index is 0.000000160. The number of sulfonamides is 2. The van der Waals surface area contributed by atoms with Crippen molar-refractivity contribution >= 4 is 43.9 Å². The fourth-order valence-corrected chi connectivity index (χ4v) is 11.9. The maximum absolute atomic E-state index is 12.9. The summed E-state index contributed by atoms with van der Waals surface area (Å²) in [5, 5.41) is 17.9. The zero-order valence-electron chi connectivity index (χ0n) is 31.1. The van der Waals surface area contributed by atoms with Crippen LogP contribution in [0.25, 0.3) is 0 Å². The lowest BCUT2D eigenvalue weighted by Gasteiger charge is -2.58. The van der Waals surface area contributed by atoms with Crippen molar-refractivity contribution in [3.63, 3.8) is 0 Å². The second-order valence-corrected chi connectivity index (χ2v) is 21.0. The predicted octanol–water partition coefficient (Wildman–Crippen LogP) is 0.111. The van der Waals surface area contributed by atoms with Crippen molar-refractivity contribution in [2.24, 2.45) is 10.8 Å². The first-order valence-corrected chi connectivity index (χ1v) is 22.7. The van der Waals surface area contributed by atoms with Crippen LogP contribution in [0.3, 0.4) is 0 Å². The van der Waals surface area contributed by atoms with E-state index < -0.39 is 38.2 Å². The number of rotatable bonds is 9. The van der Waals surface area contributed by atoms with Gasteiger partial charge in [-0.25, -0.2) is 40.1 Å². The van der Waals surface area contributed by atoms with Gasteiger partial charge in [0, 0.05) is 62.2 Å². The number of fused-ring (bicyclic) bond motifs is 4. The van der Waals surface area contributed by atoms with E-state index >= 15 is 0 Å². The van der Waals surface area contributed by atoms with Crippen LogP contribution >= 0.6 is 0 Å². The predicted molar refractivity (Wildman–Crippen MR) is 195 cm³/mol. The Kier molecular flexibility index (Phi) is 9.63. The second kappa shape index (κ2) is 13.8. The average Bonchev–Trinajstić information content (AvgIpc) is 3.43. The van der Waals surface area contributed by atoms with Gasteiger partial charge in [-0.15, -0.1) is 0 Å². The zero-order chi connectivity index (χ0) is 39.1. The molecule has 18 nitrogen and oxygen atoms in total. The molecule has 8 aliphatic rings. The van der Waals surface area contributed by atoms with Gasteiger partial charge in [0.15, 0.2) is 0 Å². The molecule has 1 aromatic rings. The maximum Gasteiger partial charge on any atom is 0.345 e. The van der Waals surface area contributed by atoms with Crippen LogP contribution in [-0.4, -0.2) is 162 Å². The molecular weight excluding hydrogens is 757 g/mol. The van der Waals surface area contributed by atoms with Crippen LogP contribution in [0.5, 0.6) is 0 Å². The molecule has 6 aliphatic heterocycles. The van der Waals surface area contributed by atoms with E-state index in [1.807, 2.05) is 30.3 Å². The number of hydroxylamine groups is 4. The monoisotopic (exact) mass is 806 g/mol. The number of nitrogens with zero attached hydrogens (tertiary/aromatic N) is 6. The summed E-state index contributed by atoms with van der Waals surface area (Å²) in [6, 6.07) is 7.83. The van der Waals surface area contributed by atoms with Gasteiger partial charge in [0.05, 0.1) is 24.6 Å². The number of hydrogen-bond acceptors (Lipinski definition) is 10. The Morgan fingerprint density at radius 3 is 1.67 bits per heavy atom. The van der Waals surface area contributed by atoms with Crippen LogP contribution in [-0.2, 0) is 41.1 Å². The van der Waals surface area contributed by atoms with Gasteiger partial charge in [0.1, 0.15) is 18.7 Å². The van der Waals surface area contributed by atoms with E-state index in [0.29, 0.717) is 65.1 Å². The van der Waals surface area contributed by atoms with Crippen molar-refractivity contribution in [3.8, 4) is 0 Å². The smallest absolute Gasteiger partial charge is 0.345 e. The molecule has 0 radical (unpaired) electrons. The molecule has 0 aromatic heterocycles. The van der Waals surface area contributed by atoms with E-state index in [1.165, 1.54) is 31.1 Å². The Morgan fingerprint density at radius 1 is 0.727 bits per heavy atom. The molecule has 4 atom stereocenters. The normalized spacial score (nSPS) is 29.9. The highest BCUT2D eigenvalue weighted by Gasteiger charge is 2.57. The van der Waals surface area contributed by atoms with Crippen molar-refractivity contribution in [2.45, 2.75) is 94.2 Å². The van der Waals surface area contributed by atoms with Crippen LogP contribution < -0.4 is 10.6 Å². The quantitative estimate of drug-likeness (QED) is 0.287. The van der Waals surface area contributed by atoms with Crippen molar-refractivity contribution < 1.29 is 46.1 Å². The van der Waals surface area contributed by atoms with Gasteiger partial charge in [0.25, 0.3) is 0 Å². The van der Waals surface area contributed by atoms with Crippen LogP contribution in [0.2, 0.25) is 0 Å². The lowest BCUT2D eigenvalue weighted by atomic mass is 9.61. The van der Waals surface area contributed by atoms with Gasteiger partial charge in [-0.05, 0) is 56.9 Å². The molecule has 6 amide bonds. The van der Waals surface area contributed by atoms with E-state index in [4.69, 9.17) is 4.84 Å². The van der Waals surface area contributed by atoms with E-state index in [-0.39, 0.29) is 52.8 Å². The first kappa shape index (κ1) is 38.3. The van der Waals surface area contributed by atoms with Gasteiger partial charge in [0.2, 0.25) is 31.9 Å². The van der Waals surface area contributed by atoms with Gasteiger partial charge in [-0.2, -0.15) is 5.06 Å². The molecule has 6 heterocycles. The second-order valence-electron chi connectivity index (χ2n) is 17.1. The fourth-order valence-electron chi connectivity index (χ4n) is 9.87. The minimum absolute atomic E-state index is 0.0179. The molecule has 55 heavy (non-hydrogen) atoms.